The number of nitrogens with one attached hydrogen (secondary N) is 1. The van der Waals surface area contributed by atoms with E-state index >= 15 is 0 Å². The minimum absolute atomic E-state index is 0.828. The van der Waals surface area contributed by atoms with E-state index in [-0.39, 0.29) is 0 Å². The minimum Gasteiger partial charge on any atom is -0.313 e. The van der Waals surface area contributed by atoms with Gasteiger partial charge in [-0.2, -0.15) is 11.8 Å². The molecule has 1 saturated heterocycles. The summed E-state index contributed by atoms with van der Waals surface area (Å²) in [6.07, 6.45) is 14.5. The Kier molecular flexibility index (Phi) is 6.93. The molecule has 1 heterocycles. The molecule has 3 unspecified atom stereocenters. The van der Waals surface area contributed by atoms with Crippen molar-refractivity contribution in [3.8, 4) is 0 Å². The zero-order valence-electron chi connectivity index (χ0n) is 12.1. The third-order valence-electron chi connectivity index (χ3n) is 4.69. The van der Waals surface area contributed by atoms with Gasteiger partial charge in [0.05, 0.1) is 0 Å². The van der Waals surface area contributed by atoms with E-state index in [9.17, 15) is 0 Å². The first-order chi connectivity index (χ1) is 8.88. The van der Waals surface area contributed by atoms with Crippen molar-refractivity contribution in [3.63, 3.8) is 0 Å². The molecule has 0 radical (unpaired) electrons. The highest BCUT2D eigenvalue weighted by Crippen LogP contribution is 2.28. The van der Waals surface area contributed by atoms with E-state index in [1.807, 2.05) is 0 Å². The summed E-state index contributed by atoms with van der Waals surface area (Å²) in [6.45, 7) is 3.61. The number of hydrogen-bond donors (Lipinski definition) is 1. The zero-order chi connectivity index (χ0) is 12.6. The van der Waals surface area contributed by atoms with Crippen LogP contribution >= 0.6 is 11.8 Å². The second kappa shape index (κ2) is 8.47. The fraction of sp³-hybridized carbons (Fsp3) is 1.00. The van der Waals surface area contributed by atoms with Crippen molar-refractivity contribution >= 4 is 11.8 Å². The van der Waals surface area contributed by atoms with Crippen LogP contribution in [-0.2, 0) is 0 Å². The number of thioether (sulfide) groups is 1. The van der Waals surface area contributed by atoms with Gasteiger partial charge in [-0.1, -0.05) is 39.0 Å². The summed E-state index contributed by atoms with van der Waals surface area (Å²) < 4.78 is 0. The molecule has 0 aromatic rings. The van der Waals surface area contributed by atoms with Gasteiger partial charge in [0, 0.05) is 17.8 Å². The maximum Gasteiger partial charge on any atom is 0.0172 e. The Labute approximate surface area is 118 Å². The third kappa shape index (κ3) is 5.13. The van der Waals surface area contributed by atoms with Gasteiger partial charge in [-0.15, -0.1) is 0 Å². The fourth-order valence-corrected chi connectivity index (χ4v) is 4.80. The highest BCUT2D eigenvalue weighted by Gasteiger charge is 2.20. The van der Waals surface area contributed by atoms with Gasteiger partial charge in [0.25, 0.3) is 0 Å². The van der Waals surface area contributed by atoms with Crippen molar-refractivity contribution in [2.45, 2.75) is 82.4 Å². The molecular weight excluding hydrogens is 238 g/mol. The maximum absolute atomic E-state index is 3.87. The molecule has 1 nitrogen and oxygen atoms in total. The SMILES string of the molecule is CCCC1CCCC(NCC2CCCCS2)CC1. The van der Waals surface area contributed by atoms with Crippen LogP contribution in [0.15, 0.2) is 0 Å². The molecule has 0 spiro atoms. The van der Waals surface area contributed by atoms with Crippen LogP contribution in [0.4, 0.5) is 0 Å². The molecule has 1 N–H and O–H groups in total. The number of hydrogen-bond acceptors (Lipinski definition) is 2. The zero-order valence-corrected chi connectivity index (χ0v) is 12.9. The molecule has 106 valence electrons. The van der Waals surface area contributed by atoms with Gasteiger partial charge in [-0.25, -0.2) is 0 Å². The normalized spacial score (nSPS) is 34.2. The fourth-order valence-electron chi connectivity index (χ4n) is 3.55. The summed E-state index contributed by atoms with van der Waals surface area (Å²) in [5.41, 5.74) is 0. The first kappa shape index (κ1) is 14.7. The predicted molar refractivity (Wildman–Crippen MR) is 83.4 cm³/mol. The summed E-state index contributed by atoms with van der Waals surface area (Å²) in [5, 5.41) is 4.78. The van der Waals surface area contributed by atoms with E-state index in [4.69, 9.17) is 0 Å². The average Bonchev–Trinajstić information content (AvgIpc) is 2.64. The molecule has 0 aromatic heterocycles. The van der Waals surface area contributed by atoms with Crippen LogP contribution in [0.2, 0.25) is 0 Å². The summed E-state index contributed by atoms with van der Waals surface area (Å²) in [5.74, 6) is 2.43. The van der Waals surface area contributed by atoms with E-state index in [1.165, 1.54) is 76.5 Å². The lowest BCUT2D eigenvalue weighted by Crippen LogP contribution is -2.35. The highest BCUT2D eigenvalue weighted by molar-refractivity contribution is 7.99. The van der Waals surface area contributed by atoms with Gasteiger partial charge in [-0.3, -0.25) is 0 Å². The van der Waals surface area contributed by atoms with Crippen LogP contribution in [0.25, 0.3) is 0 Å². The van der Waals surface area contributed by atoms with Crippen molar-refractivity contribution in [2.75, 3.05) is 12.3 Å². The van der Waals surface area contributed by atoms with Gasteiger partial charge in [-0.05, 0) is 43.8 Å². The van der Waals surface area contributed by atoms with Gasteiger partial charge >= 0.3 is 0 Å². The molecule has 1 aliphatic heterocycles. The topological polar surface area (TPSA) is 12.0 Å². The van der Waals surface area contributed by atoms with Crippen molar-refractivity contribution < 1.29 is 0 Å². The molecule has 2 fully saturated rings. The molecule has 2 aliphatic rings. The Bertz CT molecular complexity index is 213. The first-order valence-electron chi connectivity index (χ1n) is 8.23. The van der Waals surface area contributed by atoms with Crippen LogP contribution < -0.4 is 5.32 Å². The first-order valence-corrected chi connectivity index (χ1v) is 9.28. The van der Waals surface area contributed by atoms with Crippen molar-refractivity contribution in [2.24, 2.45) is 5.92 Å². The van der Waals surface area contributed by atoms with Gasteiger partial charge < -0.3 is 5.32 Å². The van der Waals surface area contributed by atoms with E-state index in [0.29, 0.717) is 0 Å². The van der Waals surface area contributed by atoms with E-state index in [0.717, 1.165) is 17.2 Å². The standard InChI is InChI=1S/C16H31NS/c1-2-6-14-7-5-8-15(11-10-14)17-13-16-9-3-4-12-18-16/h14-17H,2-13H2,1H3. The van der Waals surface area contributed by atoms with Gasteiger partial charge in [0.1, 0.15) is 0 Å². The second-order valence-electron chi connectivity index (χ2n) is 6.26. The number of rotatable bonds is 5. The molecule has 0 amide bonds. The molecule has 3 atom stereocenters. The van der Waals surface area contributed by atoms with Crippen LogP contribution in [0.5, 0.6) is 0 Å². The second-order valence-corrected chi connectivity index (χ2v) is 7.66. The summed E-state index contributed by atoms with van der Waals surface area (Å²) >= 11 is 2.20. The van der Waals surface area contributed by atoms with Crippen LogP contribution in [-0.4, -0.2) is 23.6 Å². The Morgan fingerprint density at radius 2 is 1.94 bits per heavy atom. The summed E-state index contributed by atoms with van der Waals surface area (Å²) in [6, 6.07) is 0.828. The molecule has 2 heteroatoms. The average molecular weight is 269 g/mol. The van der Waals surface area contributed by atoms with Gasteiger partial charge in [0.15, 0.2) is 0 Å². The quantitative estimate of drug-likeness (QED) is 0.731. The molecule has 1 saturated carbocycles. The monoisotopic (exact) mass is 269 g/mol. The van der Waals surface area contributed by atoms with Crippen molar-refractivity contribution in [1.82, 2.24) is 5.32 Å². The third-order valence-corrected chi connectivity index (χ3v) is 6.09. The van der Waals surface area contributed by atoms with Crippen LogP contribution in [0.1, 0.15) is 71.1 Å². The maximum atomic E-state index is 3.87. The van der Waals surface area contributed by atoms with E-state index in [1.54, 1.807) is 0 Å². The molecule has 1 aliphatic carbocycles. The van der Waals surface area contributed by atoms with Crippen LogP contribution in [0.3, 0.4) is 0 Å². The predicted octanol–water partition coefficient (Wildman–Crippen LogP) is 4.61. The van der Waals surface area contributed by atoms with Gasteiger partial charge in [0.2, 0.25) is 0 Å². The lowest BCUT2D eigenvalue weighted by atomic mass is 9.95. The summed E-state index contributed by atoms with van der Waals surface area (Å²) in [7, 11) is 0. The molecule has 0 bridgehead atoms. The largest absolute Gasteiger partial charge is 0.313 e. The molecule has 18 heavy (non-hydrogen) atoms. The molecular formula is C16H31NS. The van der Waals surface area contributed by atoms with Crippen molar-refractivity contribution in [1.29, 1.82) is 0 Å². The minimum atomic E-state index is 0.828. The smallest absolute Gasteiger partial charge is 0.0172 e. The Hall–Kier alpha value is 0.310. The van der Waals surface area contributed by atoms with E-state index < -0.39 is 0 Å². The summed E-state index contributed by atoms with van der Waals surface area (Å²) in [4.78, 5) is 0. The molecule has 2 rings (SSSR count). The van der Waals surface area contributed by atoms with Crippen LogP contribution in [0, 0.1) is 5.92 Å². The Balaban J connectivity index is 1.63. The lowest BCUT2D eigenvalue weighted by Gasteiger charge is -2.24. The highest BCUT2D eigenvalue weighted by atomic mass is 32.2. The van der Waals surface area contributed by atoms with Crippen molar-refractivity contribution in [3.05, 3.63) is 0 Å². The lowest BCUT2D eigenvalue weighted by molar-refractivity contribution is 0.408. The molecule has 0 aromatic carbocycles. The Morgan fingerprint density at radius 1 is 1.00 bits per heavy atom. The van der Waals surface area contributed by atoms with E-state index in [2.05, 4.69) is 24.0 Å². The Morgan fingerprint density at radius 3 is 2.72 bits per heavy atom.